The van der Waals surface area contributed by atoms with Crippen molar-refractivity contribution in [3.8, 4) is 51.7 Å². The number of hydrogen-bond acceptors (Lipinski definition) is 20. The van der Waals surface area contributed by atoms with Gasteiger partial charge in [0.2, 0.25) is 0 Å². The number of primary amides is 3. The number of halogens is 1. The first kappa shape index (κ1) is 65.3. The van der Waals surface area contributed by atoms with Crippen LogP contribution in [0.2, 0.25) is 0 Å². The minimum atomic E-state index is -0.989. The molecule has 9 heterocycles. The molecule has 0 spiro atoms. The number of aliphatic hydroxyl groups excluding tert-OH is 2. The van der Waals surface area contributed by atoms with E-state index in [2.05, 4.69) is 15.0 Å². The van der Waals surface area contributed by atoms with E-state index in [4.69, 9.17) is 58.9 Å². The molecule has 3 atom stereocenters. The first-order valence-corrected chi connectivity index (χ1v) is 31.1. The summed E-state index contributed by atoms with van der Waals surface area (Å²) in [6, 6.07) is 30.1. The van der Waals surface area contributed by atoms with Gasteiger partial charge in [0.05, 0.1) is 90.0 Å². The molecule has 3 aliphatic heterocycles. The number of benzene rings is 6. The summed E-state index contributed by atoms with van der Waals surface area (Å²) >= 11 is 0. The first-order valence-electron chi connectivity index (χ1n) is 31.1. The predicted octanol–water partition coefficient (Wildman–Crippen LogP) is 10.2. The maximum absolute atomic E-state index is 13.5. The molecule has 12 aromatic rings. The number of pyridine rings is 3. The molecule has 26 nitrogen and oxygen atoms in total. The molecule has 6 amide bonds. The van der Waals surface area contributed by atoms with Crippen LogP contribution in [0.15, 0.2) is 160 Å². The standard InChI is InChI=1S/C24H20FN3O5.2C24H21N3O6/c1-31-21-10-19-16(9-17(21)23(26)29)20(4-6-27-19)33-14-2-3-15-18(12-32-22(15)8-14)24(30)28-7-5-13(25)11-28;2*1-31-21-10-19-16(9-17(21)23(25)29)20(4-6-26-19)33-14-2-3-15-18(12-32-22(15)8-14)24(30)27-7-5-13(28)11-27/h2-4,6,8-10,12-13H,5,7,11H2,1H3,(H2,26,29);2*2-4,6,8-10,12-13,28H,5,7,11H2,1H3,(H2,25,29). The van der Waals surface area contributed by atoms with Crippen LogP contribution in [-0.2, 0) is 0 Å². The lowest BCUT2D eigenvalue weighted by atomic mass is 10.1. The Morgan fingerprint density at radius 3 is 1.00 bits per heavy atom. The first-order chi connectivity index (χ1) is 47.8. The highest BCUT2D eigenvalue weighted by molar-refractivity contribution is 6.09. The Bertz CT molecular complexity index is 4700. The maximum atomic E-state index is 13.5. The van der Waals surface area contributed by atoms with Gasteiger partial charge in [-0.1, -0.05) is 0 Å². The van der Waals surface area contributed by atoms with Crippen molar-refractivity contribution in [2.75, 3.05) is 60.6 Å². The SMILES string of the molecule is COc1cc2nccc(Oc3ccc4c(C(=O)N5CCC(F)C5)coc4c3)c2cc1C(N)=O.COc1cc2nccc(Oc3ccc4c(C(=O)N5CCC(O)C5)coc4c3)c2cc1C(N)=O.COc1cc2nccc(Oc3ccc4c(C(=O)N5CCC(O)C5)coc4c3)c2cc1C(N)=O. The maximum Gasteiger partial charge on any atom is 0.257 e. The molecule has 27 heteroatoms. The van der Waals surface area contributed by atoms with Gasteiger partial charge < -0.3 is 83.8 Å². The molecular formula is C72H62FN9O17. The summed E-state index contributed by atoms with van der Waals surface area (Å²) in [5.41, 5.74) is 21.6. The fourth-order valence-electron chi connectivity index (χ4n) is 12.2. The van der Waals surface area contributed by atoms with Crippen LogP contribution in [0.5, 0.6) is 51.7 Å². The van der Waals surface area contributed by atoms with Gasteiger partial charge in [0.15, 0.2) is 0 Å². The van der Waals surface area contributed by atoms with Crippen LogP contribution in [0.1, 0.15) is 81.4 Å². The smallest absolute Gasteiger partial charge is 0.257 e. The lowest BCUT2D eigenvalue weighted by Gasteiger charge is -2.14. The van der Waals surface area contributed by atoms with Crippen molar-refractivity contribution in [2.24, 2.45) is 17.2 Å². The highest BCUT2D eigenvalue weighted by atomic mass is 19.1. The van der Waals surface area contributed by atoms with E-state index in [0.717, 1.165) is 0 Å². The summed E-state index contributed by atoms with van der Waals surface area (Å²) < 4.78 is 64.3. The molecule has 0 radical (unpaired) electrons. The van der Waals surface area contributed by atoms with E-state index in [-0.39, 0.29) is 41.0 Å². The third kappa shape index (κ3) is 13.2. The van der Waals surface area contributed by atoms with Crippen molar-refractivity contribution < 1.29 is 85.0 Å². The third-order valence-electron chi connectivity index (χ3n) is 17.2. The number of fused-ring (bicyclic) bond motifs is 6. The van der Waals surface area contributed by atoms with E-state index in [1.54, 1.807) is 138 Å². The number of furan rings is 3. The number of rotatable bonds is 15. The number of methoxy groups -OCH3 is 3. The van der Waals surface area contributed by atoms with E-state index >= 15 is 0 Å². The summed E-state index contributed by atoms with van der Waals surface area (Å²) in [5, 5.41) is 23.1. The zero-order valence-electron chi connectivity index (χ0n) is 53.3. The minimum absolute atomic E-state index is 0.0971. The van der Waals surface area contributed by atoms with Crippen LogP contribution in [0.25, 0.3) is 65.6 Å². The van der Waals surface area contributed by atoms with Gasteiger partial charge in [0, 0.05) is 120 Å². The Hall–Kier alpha value is -12.4. The summed E-state index contributed by atoms with van der Waals surface area (Å²) in [6.45, 7) is 2.16. The number of aliphatic hydroxyl groups is 2. The van der Waals surface area contributed by atoms with E-state index in [1.807, 2.05) is 0 Å². The number of hydrogen-bond donors (Lipinski definition) is 5. The molecule has 0 aliphatic carbocycles. The molecule has 3 aliphatic rings. The highest BCUT2D eigenvalue weighted by Crippen LogP contribution is 2.40. The van der Waals surface area contributed by atoms with Gasteiger partial charge in [-0.15, -0.1) is 0 Å². The largest absolute Gasteiger partial charge is 0.496 e. The van der Waals surface area contributed by atoms with Crippen molar-refractivity contribution in [3.63, 3.8) is 0 Å². The summed E-state index contributed by atoms with van der Waals surface area (Å²) in [5.74, 6) is 1.34. The van der Waals surface area contributed by atoms with Crippen LogP contribution in [0, 0.1) is 0 Å². The Morgan fingerprint density at radius 1 is 0.414 bits per heavy atom. The highest BCUT2D eigenvalue weighted by Gasteiger charge is 2.32. The number of amides is 6. The second-order valence-electron chi connectivity index (χ2n) is 23.5. The number of nitrogens with zero attached hydrogens (tertiary/aromatic N) is 6. The minimum Gasteiger partial charge on any atom is -0.496 e. The molecular weight excluding hydrogens is 1280 g/mol. The molecule has 6 aromatic carbocycles. The average Bonchev–Trinajstić information content (AvgIpc) is 1.80. The molecule has 3 saturated heterocycles. The zero-order valence-corrected chi connectivity index (χ0v) is 53.3. The normalized spacial score (nSPS) is 15.8. The lowest BCUT2D eigenvalue weighted by molar-refractivity contribution is 0.0760. The summed E-state index contributed by atoms with van der Waals surface area (Å²) in [4.78, 5) is 91.5. The number of carbonyl (C=O) groups excluding carboxylic acids is 6. The quantitative estimate of drug-likeness (QED) is 0.0636. The topological polar surface area (TPSA) is 364 Å². The van der Waals surface area contributed by atoms with Gasteiger partial charge in [-0.2, -0.15) is 0 Å². The molecule has 0 saturated carbocycles. The van der Waals surface area contributed by atoms with Gasteiger partial charge in [0.1, 0.15) is 93.5 Å². The van der Waals surface area contributed by atoms with E-state index in [1.165, 1.54) is 45.0 Å². The zero-order chi connectivity index (χ0) is 69.3. The fourth-order valence-corrected chi connectivity index (χ4v) is 12.2. The molecule has 15 rings (SSSR count). The molecule has 8 N–H and O–H groups in total. The third-order valence-corrected chi connectivity index (χ3v) is 17.2. The van der Waals surface area contributed by atoms with Crippen molar-refractivity contribution >= 4 is 101 Å². The van der Waals surface area contributed by atoms with Crippen LogP contribution in [0.3, 0.4) is 0 Å². The number of ether oxygens (including phenoxy) is 6. The lowest BCUT2D eigenvalue weighted by Crippen LogP contribution is -2.29. The molecule has 99 heavy (non-hydrogen) atoms. The molecule has 3 unspecified atom stereocenters. The van der Waals surface area contributed by atoms with Crippen LogP contribution >= 0.6 is 0 Å². The second-order valence-corrected chi connectivity index (χ2v) is 23.5. The number of carbonyl (C=O) groups is 6. The number of alkyl halides is 1. The summed E-state index contributed by atoms with van der Waals surface area (Å²) in [6.07, 6.45) is 8.53. The summed E-state index contributed by atoms with van der Waals surface area (Å²) in [7, 11) is 4.36. The van der Waals surface area contributed by atoms with Gasteiger partial charge >= 0.3 is 0 Å². The van der Waals surface area contributed by atoms with Crippen LogP contribution in [-0.4, -0.2) is 154 Å². The number of aromatic nitrogens is 3. The molecule has 6 aromatic heterocycles. The second kappa shape index (κ2) is 27.4. The number of β-amino-alcohol motifs (C(OH)–C–C–N with tert-alkyl or cyclic N) is 2. The van der Waals surface area contributed by atoms with E-state index in [0.29, 0.717) is 186 Å². The van der Waals surface area contributed by atoms with Gasteiger partial charge in [-0.3, -0.25) is 43.7 Å². The van der Waals surface area contributed by atoms with Crippen molar-refractivity contribution in [1.82, 2.24) is 29.7 Å². The monoisotopic (exact) mass is 1340 g/mol. The Balaban J connectivity index is 0.000000133. The molecule has 3 fully saturated rings. The Labute approximate surface area is 560 Å². The number of nitrogens with two attached hydrogens (primary N) is 3. The molecule has 504 valence electrons. The van der Waals surface area contributed by atoms with Gasteiger partial charge in [-0.25, -0.2) is 4.39 Å². The van der Waals surface area contributed by atoms with Gasteiger partial charge in [0.25, 0.3) is 35.4 Å². The van der Waals surface area contributed by atoms with Crippen LogP contribution in [0.4, 0.5) is 4.39 Å². The fraction of sp³-hybridized carbons (Fsp3) is 0.208. The van der Waals surface area contributed by atoms with E-state index in [9.17, 15) is 43.4 Å². The predicted molar refractivity (Wildman–Crippen MR) is 358 cm³/mol. The van der Waals surface area contributed by atoms with Crippen molar-refractivity contribution in [1.29, 1.82) is 0 Å². The number of likely N-dealkylation sites (tertiary alicyclic amines) is 3. The van der Waals surface area contributed by atoms with E-state index < -0.39 is 36.1 Å². The molecule has 0 bridgehead atoms. The Kier molecular flexibility index (Phi) is 18.1. The van der Waals surface area contributed by atoms with Crippen molar-refractivity contribution in [2.45, 2.75) is 37.6 Å². The van der Waals surface area contributed by atoms with Gasteiger partial charge in [-0.05, 0) is 92.1 Å². The van der Waals surface area contributed by atoms with Crippen molar-refractivity contribution in [3.05, 3.63) is 180 Å². The van der Waals surface area contributed by atoms with Crippen LogP contribution < -0.4 is 45.6 Å². The Morgan fingerprint density at radius 2 is 0.727 bits per heavy atom. The average molecular weight is 1340 g/mol.